The molecule has 4 aliphatic rings. The van der Waals surface area contributed by atoms with E-state index in [1.807, 2.05) is 13.8 Å². The van der Waals surface area contributed by atoms with Gasteiger partial charge in [0.25, 0.3) is 0 Å². The molecule has 59 heavy (non-hydrogen) atoms. The minimum absolute atomic E-state index is 0.00938. The van der Waals surface area contributed by atoms with Gasteiger partial charge in [-0.25, -0.2) is 18.4 Å². The molecule has 4 aliphatic heterocycles. The maximum Gasteiger partial charge on any atom is 0.329 e. The summed E-state index contributed by atoms with van der Waals surface area (Å²) in [5.41, 5.74) is 1.28. The number of ether oxygens (including phenoxy) is 1. The van der Waals surface area contributed by atoms with E-state index in [-0.39, 0.29) is 50.4 Å². The smallest absolute Gasteiger partial charge is 0.329 e. The molecule has 0 aliphatic carbocycles. The monoisotopic (exact) mass is 823 g/mol. The van der Waals surface area contributed by atoms with E-state index in [1.165, 1.54) is 23.6 Å². The number of aryl methyl sites for hydroxylation is 1. The summed E-state index contributed by atoms with van der Waals surface area (Å²) in [7, 11) is 0. The van der Waals surface area contributed by atoms with Crippen LogP contribution in [0.1, 0.15) is 64.0 Å². The first-order valence-electron chi connectivity index (χ1n) is 20.0. The van der Waals surface area contributed by atoms with E-state index in [9.17, 15) is 47.4 Å². The van der Waals surface area contributed by atoms with Crippen LogP contribution in [0.25, 0.3) is 0 Å². The second kappa shape index (κ2) is 18.1. The summed E-state index contributed by atoms with van der Waals surface area (Å²) < 4.78 is 34.5. The van der Waals surface area contributed by atoms with Crippen LogP contribution in [0.2, 0.25) is 0 Å². The highest BCUT2D eigenvalue weighted by Crippen LogP contribution is 2.29. The molecule has 5 N–H and O–H groups in total. The Labute approximate surface area is 340 Å². The topological polar surface area (TPSA) is 207 Å². The Balaban J connectivity index is 1.35. The minimum atomic E-state index is -1.74. The second-order valence-corrected chi connectivity index (χ2v) is 16.1. The predicted molar refractivity (Wildman–Crippen MR) is 207 cm³/mol. The Bertz CT molecular complexity index is 1950. The fourth-order valence-electron chi connectivity index (χ4n) is 8.36. The molecule has 0 bridgehead atoms. The van der Waals surface area contributed by atoms with Gasteiger partial charge in [0.1, 0.15) is 54.0 Å². The largest absolute Gasteiger partial charge is 0.458 e. The zero-order valence-corrected chi connectivity index (χ0v) is 33.4. The van der Waals surface area contributed by atoms with Crippen molar-refractivity contribution in [1.29, 1.82) is 0 Å². The average molecular weight is 824 g/mol. The van der Waals surface area contributed by atoms with Crippen molar-refractivity contribution in [2.75, 3.05) is 25.0 Å². The number of fused-ring (bicyclic) bond motifs is 3. The van der Waals surface area contributed by atoms with Crippen molar-refractivity contribution in [1.82, 2.24) is 30.7 Å². The van der Waals surface area contributed by atoms with Gasteiger partial charge in [-0.2, -0.15) is 0 Å². The quantitative estimate of drug-likeness (QED) is 0.268. The number of cyclic esters (lactones) is 1. The summed E-state index contributed by atoms with van der Waals surface area (Å²) in [6.07, 6.45) is -1.60. The third kappa shape index (κ3) is 9.97. The van der Waals surface area contributed by atoms with Crippen molar-refractivity contribution in [3.8, 4) is 0 Å². The van der Waals surface area contributed by atoms with E-state index in [0.717, 1.165) is 22.6 Å². The number of aliphatic hydroxyl groups is 1. The predicted octanol–water partition coefficient (Wildman–Crippen LogP) is 1.52. The summed E-state index contributed by atoms with van der Waals surface area (Å²) in [6, 6.07) is 0.750. The van der Waals surface area contributed by atoms with Gasteiger partial charge in [-0.15, -0.1) is 0 Å². The molecule has 4 saturated heterocycles. The van der Waals surface area contributed by atoms with Gasteiger partial charge in [-0.1, -0.05) is 24.6 Å². The number of hydrogen-bond donors (Lipinski definition) is 5. The van der Waals surface area contributed by atoms with Crippen molar-refractivity contribution in [2.45, 2.75) is 115 Å². The van der Waals surface area contributed by atoms with Gasteiger partial charge in [-0.05, 0) is 82.2 Å². The Morgan fingerprint density at radius 2 is 1.54 bits per heavy atom. The molecule has 0 saturated carbocycles. The maximum atomic E-state index is 14.7. The Kier molecular flexibility index (Phi) is 13.2. The normalized spacial score (nSPS) is 28.5. The Hall–Kier alpha value is -5.65. The Morgan fingerprint density at radius 1 is 0.864 bits per heavy atom. The second-order valence-electron chi connectivity index (χ2n) is 16.1. The van der Waals surface area contributed by atoms with E-state index in [0.29, 0.717) is 24.6 Å². The minimum Gasteiger partial charge on any atom is -0.458 e. The highest BCUT2D eigenvalue weighted by atomic mass is 19.1. The van der Waals surface area contributed by atoms with Gasteiger partial charge < -0.3 is 45.8 Å². The number of rotatable bonds is 6. The fourth-order valence-corrected chi connectivity index (χ4v) is 8.36. The highest BCUT2D eigenvalue weighted by Gasteiger charge is 2.49. The average Bonchev–Trinajstić information content (AvgIpc) is 3.78. The van der Waals surface area contributed by atoms with Crippen molar-refractivity contribution >= 4 is 47.2 Å². The van der Waals surface area contributed by atoms with Crippen LogP contribution in [0.3, 0.4) is 0 Å². The number of carbonyl (C=O) groups excluding carboxylic acids is 7. The number of nitrogens with one attached hydrogen (secondary N) is 4. The molecule has 2 aromatic carbocycles. The molecular formula is C41H51F2N7O9. The molecule has 9 atom stereocenters. The van der Waals surface area contributed by atoms with Crippen LogP contribution in [0.15, 0.2) is 42.5 Å². The number of amides is 7. The number of nitrogens with zero attached hydrogens (tertiary/aromatic N) is 3. The van der Waals surface area contributed by atoms with Crippen LogP contribution in [0, 0.1) is 24.5 Å². The van der Waals surface area contributed by atoms with Gasteiger partial charge >= 0.3 is 12.0 Å². The van der Waals surface area contributed by atoms with Crippen LogP contribution in [-0.2, 0) is 39.9 Å². The molecule has 6 rings (SSSR count). The number of anilines is 1. The summed E-state index contributed by atoms with van der Waals surface area (Å²) in [6.45, 7) is 6.54. The lowest BCUT2D eigenvalue weighted by molar-refractivity contribution is -0.163. The molecule has 0 radical (unpaired) electrons. The van der Waals surface area contributed by atoms with Gasteiger partial charge in [0.05, 0.1) is 6.10 Å². The Morgan fingerprint density at radius 3 is 2.24 bits per heavy atom. The lowest BCUT2D eigenvalue weighted by Crippen LogP contribution is -2.63. The number of halogens is 2. The van der Waals surface area contributed by atoms with Crippen LogP contribution in [0.4, 0.5) is 19.3 Å². The van der Waals surface area contributed by atoms with Gasteiger partial charge in [0.2, 0.25) is 29.5 Å². The zero-order valence-electron chi connectivity index (χ0n) is 33.4. The van der Waals surface area contributed by atoms with Crippen molar-refractivity contribution < 1.29 is 52.2 Å². The number of aliphatic hydroxyl groups excluding tert-OH is 1. The summed E-state index contributed by atoms with van der Waals surface area (Å²) >= 11 is 0. The fraction of sp³-hybridized carbons (Fsp3) is 0.537. The molecule has 318 valence electrons. The SMILES string of the molecule is Cc1ccc(NC(=O)N[C@@H](Cc2cc(F)cc(F)c2)C(=O)N[C@@H]2C(=O)N3C[C@H](O)C[C@H]3C(=O)N3CCCC[C@H]3C(=O)N[C@@H](C)C(=O)N3C[C@H](C)C[C@H]3C(=O)O[C@H]2C)cc1. The third-order valence-electron chi connectivity index (χ3n) is 11.4. The highest BCUT2D eigenvalue weighted by molar-refractivity contribution is 5.99. The van der Waals surface area contributed by atoms with Crippen LogP contribution < -0.4 is 21.3 Å². The number of esters is 1. The van der Waals surface area contributed by atoms with E-state index < -0.39 is 108 Å². The van der Waals surface area contributed by atoms with Crippen molar-refractivity contribution in [3.05, 3.63) is 65.2 Å². The molecule has 4 fully saturated rings. The van der Waals surface area contributed by atoms with E-state index in [2.05, 4.69) is 21.3 Å². The van der Waals surface area contributed by atoms with Crippen molar-refractivity contribution in [2.24, 2.45) is 5.92 Å². The lowest BCUT2D eigenvalue weighted by Gasteiger charge is -2.39. The molecular weight excluding hydrogens is 772 g/mol. The molecule has 16 nitrogen and oxygen atoms in total. The third-order valence-corrected chi connectivity index (χ3v) is 11.4. The molecule has 4 heterocycles. The summed E-state index contributed by atoms with van der Waals surface area (Å²) in [5, 5.41) is 21.3. The number of hydrogen-bond acceptors (Lipinski definition) is 9. The molecule has 0 spiro atoms. The van der Waals surface area contributed by atoms with Crippen LogP contribution >= 0.6 is 0 Å². The first-order chi connectivity index (χ1) is 28.0. The molecule has 0 aromatic heterocycles. The van der Waals surface area contributed by atoms with Crippen molar-refractivity contribution in [3.63, 3.8) is 0 Å². The lowest BCUT2D eigenvalue weighted by atomic mass is 9.98. The first kappa shape index (κ1) is 42.9. The standard InChI is InChI=1S/C41H51F2N7O9/c1-21-8-10-28(11-9-21)45-41(58)46-30(16-25-14-26(42)17-27(43)15-25)35(52)47-34-24(4)59-40(57)33-13-22(2)19-49(33)37(54)23(3)44-36(53)31-7-5-6-12-48(31)38(55)32-18-29(51)20-50(32)39(34)56/h8-11,14-15,17,22-24,29-34,51H,5-7,12-13,16,18-20H2,1-4H3,(H,44,53)(H,47,52)(H2,45,46,58)/t22-,23+,24+,29-,30+,31+,32+,33+,34+/m1/s1. The molecule has 2 aromatic rings. The van der Waals surface area contributed by atoms with Crippen LogP contribution in [0.5, 0.6) is 0 Å². The maximum absolute atomic E-state index is 14.7. The van der Waals surface area contributed by atoms with E-state index in [4.69, 9.17) is 4.74 Å². The van der Waals surface area contributed by atoms with Gasteiger partial charge in [0.15, 0.2) is 0 Å². The molecule has 7 amide bonds. The molecule has 0 unspecified atom stereocenters. The van der Waals surface area contributed by atoms with E-state index >= 15 is 0 Å². The first-order valence-corrected chi connectivity index (χ1v) is 20.0. The van der Waals surface area contributed by atoms with Gasteiger partial charge in [-0.3, -0.25) is 24.0 Å². The van der Waals surface area contributed by atoms with Crippen LogP contribution in [-0.4, -0.2) is 129 Å². The number of carbonyl (C=O) groups is 7. The number of benzene rings is 2. The van der Waals surface area contributed by atoms with E-state index in [1.54, 1.807) is 24.3 Å². The molecule has 18 heteroatoms. The van der Waals surface area contributed by atoms with Gasteiger partial charge in [0, 0.05) is 44.2 Å². The number of piperidine rings is 1. The summed E-state index contributed by atoms with van der Waals surface area (Å²) in [4.78, 5) is 102. The zero-order chi connectivity index (χ0) is 42.7. The summed E-state index contributed by atoms with van der Waals surface area (Å²) in [5.74, 6) is -6.57. The number of urea groups is 1.